The van der Waals surface area contributed by atoms with E-state index in [9.17, 15) is 0 Å². The molecule has 0 fully saturated rings. The normalized spacial score (nSPS) is 12.6. The molecule has 1 aromatic carbocycles. The first-order valence-corrected chi connectivity index (χ1v) is 5.98. The van der Waals surface area contributed by atoms with Crippen molar-refractivity contribution in [3.8, 4) is 0 Å². The van der Waals surface area contributed by atoms with Gasteiger partial charge in [0.25, 0.3) is 0 Å². The van der Waals surface area contributed by atoms with Gasteiger partial charge in [-0.3, -0.25) is 0 Å². The SMILES string of the molecule is CNC(Cc1nccn1C)c1ccccc1Cl. The van der Waals surface area contributed by atoms with Gasteiger partial charge < -0.3 is 9.88 Å². The highest BCUT2D eigenvalue weighted by Gasteiger charge is 2.14. The van der Waals surface area contributed by atoms with Crippen LogP contribution in [0.25, 0.3) is 0 Å². The number of aryl methyl sites for hydroxylation is 1. The van der Waals surface area contributed by atoms with Gasteiger partial charge in [0.15, 0.2) is 0 Å². The second kappa shape index (κ2) is 5.34. The number of likely N-dealkylation sites (N-methyl/N-ethyl adjacent to an activating group) is 1. The van der Waals surface area contributed by atoms with Crippen molar-refractivity contribution in [3.05, 3.63) is 53.1 Å². The van der Waals surface area contributed by atoms with E-state index in [1.165, 1.54) is 0 Å². The smallest absolute Gasteiger partial charge is 0.110 e. The molecule has 4 heteroatoms. The molecule has 0 spiro atoms. The Morgan fingerprint density at radius 3 is 2.76 bits per heavy atom. The average molecular weight is 250 g/mol. The van der Waals surface area contributed by atoms with Gasteiger partial charge >= 0.3 is 0 Å². The largest absolute Gasteiger partial charge is 0.338 e. The Morgan fingerprint density at radius 2 is 2.18 bits per heavy atom. The lowest BCUT2D eigenvalue weighted by atomic mass is 10.0. The Labute approximate surface area is 106 Å². The van der Waals surface area contributed by atoms with Crippen molar-refractivity contribution < 1.29 is 0 Å². The third kappa shape index (κ3) is 2.68. The van der Waals surface area contributed by atoms with Crippen LogP contribution in [0.4, 0.5) is 0 Å². The first kappa shape index (κ1) is 12.1. The molecule has 0 bridgehead atoms. The van der Waals surface area contributed by atoms with Crippen LogP contribution >= 0.6 is 11.6 Å². The van der Waals surface area contributed by atoms with E-state index in [2.05, 4.69) is 10.3 Å². The van der Waals surface area contributed by atoms with Gasteiger partial charge in [-0.15, -0.1) is 0 Å². The van der Waals surface area contributed by atoms with Crippen molar-refractivity contribution >= 4 is 11.6 Å². The lowest BCUT2D eigenvalue weighted by Crippen LogP contribution is -2.20. The average Bonchev–Trinajstić information content (AvgIpc) is 2.73. The molecule has 2 aromatic rings. The molecule has 0 aliphatic heterocycles. The van der Waals surface area contributed by atoms with E-state index in [1.807, 2.05) is 55.3 Å². The van der Waals surface area contributed by atoms with E-state index in [1.54, 1.807) is 0 Å². The summed E-state index contributed by atoms with van der Waals surface area (Å²) in [4.78, 5) is 4.34. The van der Waals surface area contributed by atoms with Crippen LogP contribution in [-0.4, -0.2) is 16.6 Å². The van der Waals surface area contributed by atoms with Gasteiger partial charge in [-0.2, -0.15) is 0 Å². The fourth-order valence-corrected chi connectivity index (χ4v) is 2.17. The summed E-state index contributed by atoms with van der Waals surface area (Å²) in [5, 5.41) is 4.08. The molecule has 2 rings (SSSR count). The maximum absolute atomic E-state index is 6.21. The minimum absolute atomic E-state index is 0.185. The summed E-state index contributed by atoms with van der Waals surface area (Å²) in [6, 6.07) is 8.10. The first-order valence-electron chi connectivity index (χ1n) is 5.60. The van der Waals surface area contributed by atoms with Crippen molar-refractivity contribution in [3.63, 3.8) is 0 Å². The molecule has 0 saturated carbocycles. The van der Waals surface area contributed by atoms with Gasteiger partial charge in [-0.1, -0.05) is 29.8 Å². The fourth-order valence-electron chi connectivity index (χ4n) is 1.90. The maximum Gasteiger partial charge on any atom is 0.110 e. The molecule has 0 radical (unpaired) electrons. The molecule has 3 nitrogen and oxygen atoms in total. The molecule has 1 atom stereocenters. The Balaban J connectivity index is 2.23. The molecule has 1 N–H and O–H groups in total. The Morgan fingerprint density at radius 1 is 1.41 bits per heavy atom. The second-order valence-corrected chi connectivity index (χ2v) is 4.43. The van der Waals surface area contributed by atoms with E-state index in [0.29, 0.717) is 0 Å². The first-order chi connectivity index (χ1) is 8.22. The molecule has 1 aromatic heterocycles. The molecule has 0 saturated heterocycles. The van der Waals surface area contributed by atoms with Gasteiger partial charge in [-0.25, -0.2) is 4.98 Å². The van der Waals surface area contributed by atoms with Crippen molar-refractivity contribution in [2.45, 2.75) is 12.5 Å². The van der Waals surface area contributed by atoms with Crippen LogP contribution in [0.5, 0.6) is 0 Å². The van der Waals surface area contributed by atoms with Crippen LogP contribution in [0, 0.1) is 0 Å². The monoisotopic (exact) mass is 249 g/mol. The number of benzene rings is 1. The molecular weight excluding hydrogens is 234 g/mol. The number of imidazole rings is 1. The highest BCUT2D eigenvalue weighted by molar-refractivity contribution is 6.31. The standard InChI is InChI=1S/C13H16ClN3/c1-15-12(9-13-16-7-8-17(13)2)10-5-3-4-6-11(10)14/h3-8,12,15H,9H2,1-2H3. The molecule has 0 amide bonds. The van der Waals surface area contributed by atoms with Crippen molar-refractivity contribution in [2.75, 3.05) is 7.05 Å². The lowest BCUT2D eigenvalue weighted by molar-refractivity contribution is 0.564. The number of hydrogen-bond donors (Lipinski definition) is 1. The number of halogens is 1. The number of hydrogen-bond acceptors (Lipinski definition) is 2. The minimum Gasteiger partial charge on any atom is -0.338 e. The van der Waals surface area contributed by atoms with Crippen molar-refractivity contribution in [1.29, 1.82) is 0 Å². The molecule has 1 heterocycles. The van der Waals surface area contributed by atoms with Gasteiger partial charge in [-0.05, 0) is 18.7 Å². The van der Waals surface area contributed by atoms with E-state index < -0.39 is 0 Å². The second-order valence-electron chi connectivity index (χ2n) is 4.02. The third-order valence-electron chi connectivity index (χ3n) is 2.94. The summed E-state index contributed by atoms with van der Waals surface area (Å²) in [5.41, 5.74) is 1.11. The summed E-state index contributed by atoms with van der Waals surface area (Å²) in [7, 11) is 3.94. The lowest BCUT2D eigenvalue weighted by Gasteiger charge is -2.17. The fraction of sp³-hybridized carbons (Fsp3) is 0.308. The maximum atomic E-state index is 6.21. The van der Waals surface area contributed by atoms with Crippen LogP contribution in [0.2, 0.25) is 5.02 Å². The summed E-state index contributed by atoms with van der Waals surface area (Å²) < 4.78 is 2.03. The predicted molar refractivity (Wildman–Crippen MR) is 70.2 cm³/mol. The molecule has 0 aliphatic carbocycles. The van der Waals surface area contributed by atoms with Crippen LogP contribution in [-0.2, 0) is 13.5 Å². The highest BCUT2D eigenvalue weighted by Crippen LogP contribution is 2.24. The van der Waals surface area contributed by atoms with E-state index in [4.69, 9.17) is 11.6 Å². The Hall–Kier alpha value is -1.32. The molecular formula is C13H16ClN3. The van der Waals surface area contributed by atoms with Gasteiger partial charge in [0.2, 0.25) is 0 Å². The third-order valence-corrected chi connectivity index (χ3v) is 3.28. The van der Waals surface area contributed by atoms with Crippen molar-refractivity contribution in [2.24, 2.45) is 7.05 Å². The topological polar surface area (TPSA) is 29.9 Å². The number of nitrogens with zero attached hydrogens (tertiary/aromatic N) is 2. The van der Waals surface area contributed by atoms with Gasteiger partial charge in [0, 0.05) is 36.9 Å². The predicted octanol–water partition coefficient (Wildman–Crippen LogP) is 2.58. The molecule has 0 aliphatic rings. The quantitative estimate of drug-likeness (QED) is 0.903. The van der Waals surface area contributed by atoms with Crippen LogP contribution in [0.1, 0.15) is 17.4 Å². The zero-order chi connectivity index (χ0) is 12.3. The van der Waals surface area contributed by atoms with Crippen LogP contribution in [0.15, 0.2) is 36.7 Å². The summed E-state index contributed by atoms with van der Waals surface area (Å²) in [5.74, 6) is 1.05. The zero-order valence-electron chi connectivity index (χ0n) is 10.0. The molecule has 1 unspecified atom stereocenters. The van der Waals surface area contributed by atoms with E-state index in [0.717, 1.165) is 22.8 Å². The Bertz CT molecular complexity index is 493. The summed E-state index contributed by atoms with van der Waals surface area (Å²) >= 11 is 6.21. The minimum atomic E-state index is 0.185. The van der Waals surface area contributed by atoms with Crippen LogP contribution < -0.4 is 5.32 Å². The van der Waals surface area contributed by atoms with E-state index in [-0.39, 0.29) is 6.04 Å². The number of nitrogens with one attached hydrogen (secondary N) is 1. The van der Waals surface area contributed by atoms with Crippen LogP contribution in [0.3, 0.4) is 0 Å². The summed E-state index contributed by atoms with van der Waals surface area (Å²) in [6.45, 7) is 0. The van der Waals surface area contributed by atoms with Crippen molar-refractivity contribution in [1.82, 2.24) is 14.9 Å². The number of aromatic nitrogens is 2. The molecule has 90 valence electrons. The zero-order valence-corrected chi connectivity index (χ0v) is 10.8. The Kier molecular flexibility index (Phi) is 3.82. The van der Waals surface area contributed by atoms with Gasteiger partial charge in [0.05, 0.1) is 0 Å². The van der Waals surface area contributed by atoms with Gasteiger partial charge in [0.1, 0.15) is 5.82 Å². The molecule has 17 heavy (non-hydrogen) atoms. The highest BCUT2D eigenvalue weighted by atomic mass is 35.5. The summed E-state index contributed by atoms with van der Waals surface area (Å²) in [6.07, 6.45) is 4.59. The van der Waals surface area contributed by atoms with E-state index >= 15 is 0 Å². The number of rotatable bonds is 4.